The van der Waals surface area contributed by atoms with Crippen LogP contribution in [-0.4, -0.2) is 0 Å². The minimum Gasteiger partial charge on any atom is -0.271 e. The lowest BCUT2D eigenvalue weighted by atomic mass is 9.76. The second-order valence-corrected chi connectivity index (χ2v) is 7.06. The third kappa shape index (κ3) is 3.94. The molecule has 2 nitrogen and oxygen atoms in total. The van der Waals surface area contributed by atoms with E-state index in [1.807, 2.05) is 6.07 Å². The van der Waals surface area contributed by atoms with Crippen LogP contribution in [0, 0.1) is 11.8 Å². The first-order valence-electron chi connectivity index (χ1n) is 7.45. The molecule has 19 heavy (non-hydrogen) atoms. The number of halogens is 1. The molecular formula is C15H25ClN2S. The fourth-order valence-corrected chi connectivity index (χ4v) is 4.58. The Labute approximate surface area is 125 Å². The molecule has 1 atom stereocenters. The Hall–Kier alpha value is -0.0900. The summed E-state index contributed by atoms with van der Waals surface area (Å²) in [6, 6.07) is 2.21. The highest BCUT2D eigenvalue weighted by molar-refractivity contribution is 7.10. The van der Waals surface area contributed by atoms with E-state index < -0.39 is 0 Å². The van der Waals surface area contributed by atoms with E-state index in [4.69, 9.17) is 17.4 Å². The smallest absolute Gasteiger partial charge is 0.0596 e. The summed E-state index contributed by atoms with van der Waals surface area (Å²) in [6.07, 6.45) is 9.36. The first-order chi connectivity index (χ1) is 9.26. The predicted molar refractivity (Wildman–Crippen MR) is 84.4 cm³/mol. The molecule has 108 valence electrons. The fourth-order valence-electron chi connectivity index (χ4n) is 3.26. The normalized spacial score (nSPS) is 25.4. The number of rotatable bonds is 6. The molecular weight excluding hydrogens is 276 g/mol. The SMILES string of the molecule is CCCCC1CCC(C(NN)c2sccc2Cl)CC1. The number of nitrogens with one attached hydrogen (secondary N) is 1. The van der Waals surface area contributed by atoms with Gasteiger partial charge in [-0.3, -0.25) is 11.3 Å². The quantitative estimate of drug-likeness (QED) is 0.579. The molecule has 1 aromatic rings. The van der Waals surface area contributed by atoms with Crippen molar-refractivity contribution in [2.75, 3.05) is 0 Å². The van der Waals surface area contributed by atoms with Gasteiger partial charge in [0.1, 0.15) is 0 Å². The van der Waals surface area contributed by atoms with E-state index in [0.29, 0.717) is 5.92 Å². The van der Waals surface area contributed by atoms with Gasteiger partial charge < -0.3 is 0 Å². The number of hydrogen-bond acceptors (Lipinski definition) is 3. The van der Waals surface area contributed by atoms with Gasteiger partial charge >= 0.3 is 0 Å². The minimum absolute atomic E-state index is 0.236. The molecule has 0 radical (unpaired) electrons. The fraction of sp³-hybridized carbons (Fsp3) is 0.733. The summed E-state index contributed by atoms with van der Waals surface area (Å²) >= 11 is 7.96. The van der Waals surface area contributed by atoms with Crippen LogP contribution < -0.4 is 11.3 Å². The van der Waals surface area contributed by atoms with Crippen molar-refractivity contribution in [3.63, 3.8) is 0 Å². The summed E-state index contributed by atoms with van der Waals surface area (Å²) < 4.78 is 0. The van der Waals surface area contributed by atoms with Crippen molar-refractivity contribution in [3.8, 4) is 0 Å². The molecule has 1 unspecified atom stereocenters. The van der Waals surface area contributed by atoms with Crippen molar-refractivity contribution in [1.29, 1.82) is 0 Å². The number of nitrogens with two attached hydrogens (primary N) is 1. The van der Waals surface area contributed by atoms with E-state index >= 15 is 0 Å². The summed E-state index contributed by atoms with van der Waals surface area (Å²) in [6.45, 7) is 2.28. The van der Waals surface area contributed by atoms with Crippen LogP contribution in [0.25, 0.3) is 0 Å². The van der Waals surface area contributed by atoms with Gasteiger partial charge in [-0.25, -0.2) is 0 Å². The van der Waals surface area contributed by atoms with Gasteiger partial charge in [0.15, 0.2) is 0 Å². The van der Waals surface area contributed by atoms with E-state index in [1.54, 1.807) is 11.3 Å². The maximum atomic E-state index is 6.24. The van der Waals surface area contributed by atoms with Crippen LogP contribution in [0.1, 0.15) is 62.8 Å². The Balaban J connectivity index is 1.90. The number of hydrogen-bond donors (Lipinski definition) is 2. The zero-order valence-electron chi connectivity index (χ0n) is 11.7. The Morgan fingerprint density at radius 3 is 2.68 bits per heavy atom. The van der Waals surface area contributed by atoms with Gasteiger partial charge in [0.2, 0.25) is 0 Å². The van der Waals surface area contributed by atoms with Crippen LogP contribution >= 0.6 is 22.9 Å². The van der Waals surface area contributed by atoms with E-state index in [2.05, 4.69) is 17.7 Å². The largest absolute Gasteiger partial charge is 0.271 e. The van der Waals surface area contributed by atoms with Crippen molar-refractivity contribution in [2.45, 2.75) is 57.9 Å². The molecule has 0 saturated heterocycles. The Kier molecular flexibility index (Phi) is 6.14. The highest BCUT2D eigenvalue weighted by Crippen LogP contribution is 2.41. The van der Waals surface area contributed by atoms with Crippen LogP contribution in [-0.2, 0) is 0 Å². The molecule has 0 aliphatic heterocycles. The monoisotopic (exact) mass is 300 g/mol. The lowest BCUT2D eigenvalue weighted by Crippen LogP contribution is -2.35. The molecule has 1 aliphatic rings. The van der Waals surface area contributed by atoms with Crippen LogP contribution in [0.3, 0.4) is 0 Å². The summed E-state index contributed by atoms with van der Waals surface area (Å²) in [5.74, 6) is 7.35. The second-order valence-electron chi connectivity index (χ2n) is 5.70. The maximum absolute atomic E-state index is 6.24. The minimum atomic E-state index is 0.236. The maximum Gasteiger partial charge on any atom is 0.0596 e. The van der Waals surface area contributed by atoms with Crippen LogP contribution in [0.2, 0.25) is 5.02 Å². The van der Waals surface area contributed by atoms with E-state index in [1.165, 1.54) is 49.8 Å². The average Bonchev–Trinajstić information content (AvgIpc) is 2.85. The zero-order valence-corrected chi connectivity index (χ0v) is 13.3. The molecule has 3 N–H and O–H groups in total. The van der Waals surface area contributed by atoms with Crippen LogP contribution in [0.5, 0.6) is 0 Å². The van der Waals surface area contributed by atoms with Gasteiger partial charge in [-0.05, 0) is 36.1 Å². The summed E-state index contributed by atoms with van der Waals surface area (Å²) in [7, 11) is 0. The highest BCUT2D eigenvalue weighted by Gasteiger charge is 2.29. The Morgan fingerprint density at radius 2 is 2.16 bits per heavy atom. The molecule has 0 bridgehead atoms. The molecule has 4 heteroatoms. The molecule has 1 aliphatic carbocycles. The standard InChI is InChI=1S/C15H25ClN2S/c1-2-3-4-11-5-7-12(8-6-11)14(18-17)15-13(16)9-10-19-15/h9-12,14,18H,2-8,17H2,1H3. The average molecular weight is 301 g/mol. The molecule has 1 saturated carbocycles. The summed E-state index contributed by atoms with van der Waals surface area (Å²) in [5.41, 5.74) is 3.00. The topological polar surface area (TPSA) is 38.0 Å². The van der Waals surface area contributed by atoms with Crippen molar-refractivity contribution in [1.82, 2.24) is 5.43 Å². The third-order valence-corrected chi connectivity index (χ3v) is 5.88. The highest BCUT2D eigenvalue weighted by atomic mass is 35.5. The van der Waals surface area contributed by atoms with Crippen LogP contribution in [0.15, 0.2) is 11.4 Å². The predicted octanol–water partition coefficient (Wildman–Crippen LogP) is 4.90. The van der Waals surface area contributed by atoms with Crippen LogP contribution in [0.4, 0.5) is 0 Å². The first-order valence-corrected chi connectivity index (χ1v) is 8.71. The second kappa shape index (κ2) is 7.63. The van der Waals surface area contributed by atoms with Gasteiger partial charge in [-0.1, -0.05) is 50.6 Å². The summed E-state index contributed by atoms with van der Waals surface area (Å²) in [4.78, 5) is 1.21. The van der Waals surface area contributed by atoms with Crippen molar-refractivity contribution < 1.29 is 0 Å². The number of unbranched alkanes of at least 4 members (excludes halogenated alkanes) is 1. The third-order valence-electron chi connectivity index (χ3n) is 4.44. The molecule has 0 aromatic carbocycles. The van der Waals surface area contributed by atoms with E-state index in [9.17, 15) is 0 Å². The lowest BCUT2D eigenvalue weighted by molar-refractivity contribution is 0.215. The zero-order chi connectivity index (χ0) is 13.7. The van der Waals surface area contributed by atoms with Gasteiger partial charge in [0.25, 0.3) is 0 Å². The Morgan fingerprint density at radius 1 is 1.42 bits per heavy atom. The number of hydrazine groups is 1. The molecule has 1 heterocycles. The molecule has 1 aromatic heterocycles. The van der Waals surface area contributed by atoms with E-state index in [-0.39, 0.29) is 6.04 Å². The Bertz CT molecular complexity index is 372. The van der Waals surface area contributed by atoms with Gasteiger partial charge in [-0.2, -0.15) is 0 Å². The van der Waals surface area contributed by atoms with Gasteiger partial charge in [-0.15, -0.1) is 11.3 Å². The molecule has 2 rings (SSSR count). The van der Waals surface area contributed by atoms with Gasteiger partial charge in [0, 0.05) is 4.88 Å². The van der Waals surface area contributed by atoms with E-state index in [0.717, 1.165) is 10.9 Å². The van der Waals surface area contributed by atoms with Gasteiger partial charge in [0.05, 0.1) is 11.1 Å². The van der Waals surface area contributed by atoms with Crippen molar-refractivity contribution >= 4 is 22.9 Å². The molecule has 0 amide bonds. The summed E-state index contributed by atoms with van der Waals surface area (Å²) in [5, 5.41) is 2.91. The first kappa shape index (κ1) is 15.3. The molecule has 1 fully saturated rings. The number of thiophene rings is 1. The van der Waals surface area contributed by atoms with Crippen molar-refractivity contribution in [2.24, 2.45) is 17.7 Å². The van der Waals surface area contributed by atoms with Crippen molar-refractivity contribution in [3.05, 3.63) is 21.3 Å². The lowest BCUT2D eigenvalue weighted by Gasteiger charge is -2.33. The molecule has 0 spiro atoms.